The number of hydrogen-bond acceptors (Lipinski definition) is 4. The first-order valence-electron chi connectivity index (χ1n) is 11.1. The second kappa shape index (κ2) is 10.5. The van der Waals surface area contributed by atoms with E-state index >= 15 is 0 Å². The summed E-state index contributed by atoms with van der Waals surface area (Å²) >= 11 is 0. The van der Waals surface area contributed by atoms with E-state index in [1.54, 1.807) is 6.20 Å². The van der Waals surface area contributed by atoms with Gasteiger partial charge in [0.15, 0.2) is 0 Å². The summed E-state index contributed by atoms with van der Waals surface area (Å²) in [6.07, 6.45) is 11.0. The number of hydrogen-bond donors (Lipinski definition) is 2. The molecule has 156 valence electrons. The highest BCUT2D eigenvalue weighted by molar-refractivity contribution is 5.97. The van der Waals surface area contributed by atoms with Gasteiger partial charge in [0.05, 0.1) is 6.04 Å². The minimum atomic E-state index is -0.314. The Morgan fingerprint density at radius 2 is 2.10 bits per heavy atom. The zero-order valence-electron chi connectivity index (χ0n) is 17.5. The van der Waals surface area contributed by atoms with E-state index in [-0.39, 0.29) is 30.2 Å². The van der Waals surface area contributed by atoms with Gasteiger partial charge >= 0.3 is 0 Å². The van der Waals surface area contributed by atoms with Gasteiger partial charge in [-0.3, -0.25) is 4.79 Å². The van der Waals surface area contributed by atoms with E-state index in [0.717, 1.165) is 50.6 Å². The summed E-state index contributed by atoms with van der Waals surface area (Å²) in [5.74, 6) is -0.314. The van der Waals surface area contributed by atoms with Crippen LogP contribution in [0, 0.1) is 11.3 Å². The molecular weight excluding hydrogens is 362 g/mol. The van der Waals surface area contributed by atoms with Gasteiger partial charge in [0.25, 0.3) is 5.91 Å². The van der Waals surface area contributed by atoms with Crippen LogP contribution in [-0.4, -0.2) is 35.1 Å². The molecule has 3 rings (SSSR count). The van der Waals surface area contributed by atoms with Crippen LogP contribution in [0.1, 0.15) is 74.6 Å². The van der Waals surface area contributed by atoms with Crippen LogP contribution in [0.15, 0.2) is 30.0 Å². The maximum atomic E-state index is 12.9. The van der Waals surface area contributed by atoms with Gasteiger partial charge in [0.1, 0.15) is 11.6 Å². The van der Waals surface area contributed by atoms with Gasteiger partial charge in [0.2, 0.25) is 0 Å². The van der Waals surface area contributed by atoms with Gasteiger partial charge in [0, 0.05) is 25.4 Å². The third kappa shape index (κ3) is 5.39. The summed E-state index contributed by atoms with van der Waals surface area (Å²) in [7, 11) is 0. The number of carbonyl (C=O) groups excluding carboxylic acids is 1. The van der Waals surface area contributed by atoms with Crippen LogP contribution in [0.2, 0.25) is 0 Å². The zero-order chi connectivity index (χ0) is 20.6. The maximum absolute atomic E-state index is 12.9. The second-order valence-corrected chi connectivity index (χ2v) is 8.22. The quantitative estimate of drug-likeness (QED) is 0.544. The first-order valence-corrected chi connectivity index (χ1v) is 11.1. The van der Waals surface area contributed by atoms with Gasteiger partial charge in [-0.05, 0) is 74.5 Å². The van der Waals surface area contributed by atoms with E-state index in [1.807, 2.05) is 0 Å². The molecule has 2 unspecified atom stereocenters. The van der Waals surface area contributed by atoms with Crippen molar-refractivity contribution < 1.29 is 9.90 Å². The average Bonchev–Trinajstić information content (AvgIpc) is 2.76. The lowest BCUT2D eigenvalue weighted by atomic mass is 9.88. The molecule has 5 nitrogen and oxygen atoms in total. The Bertz CT molecular complexity index is 779. The van der Waals surface area contributed by atoms with E-state index in [2.05, 4.69) is 41.4 Å². The Kier molecular flexibility index (Phi) is 7.71. The SMILES string of the molecule is CCC(NC(=O)/C(C#N)=C\N1CCCCC1CCO)c1ccc2c(c1)CCCC2. The molecule has 5 heteroatoms. The molecule has 1 aromatic rings. The van der Waals surface area contributed by atoms with Crippen molar-refractivity contribution >= 4 is 5.91 Å². The van der Waals surface area contributed by atoms with Crippen molar-refractivity contribution in [2.24, 2.45) is 0 Å². The van der Waals surface area contributed by atoms with Gasteiger partial charge in [-0.25, -0.2) is 0 Å². The van der Waals surface area contributed by atoms with Crippen LogP contribution >= 0.6 is 0 Å². The number of carbonyl (C=O) groups is 1. The van der Waals surface area contributed by atoms with Crippen LogP contribution < -0.4 is 5.32 Å². The Morgan fingerprint density at radius 3 is 2.83 bits per heavy atom. The number of rotatable bonds is 7. The molecule has 2 N–H and O–H groups in total. The third-order valence-corrected chi connectivity index (χ3v) is 6.28. The van der Waals surface area contributed by atoms with E-state index < -0.39 is 0 Å². The zero-order valence-corrected chi connectivity index (χ0v) is 17.5. The second-order valence-electron chi connectivity index (χ2n) is 8.22. The lowest BCUT2D eigenvalue weighted by Crippen LogP contribution is -2.37. The number of nitrogens with one attached hydrogen (secondary N) is 1. The largest absolute Gasteiger partial charge is 0.396 e. The fraction of sp³-hybridized carbons (Fsp3) is 0.583. The number of amides is 1. The van der Waals surface area contributed by atoms with Crippen LogP contribution in [0.25, 0.3) is 0 Å². The van der Waals surface area contributed by atoms with Crippen LogP contribution in [0.3, 0.4) is 0 Å². The van der Waals surface area contributed by atoms with Crippen molar-refractivity contribution in [3.05, 3.63) is 46.7 Å². The average molecular weight is 396 g/mol. The molecule has 0 spiro atoms. The highest BCUT2D eigenvalue weighted by Gasteiger charge is 2.23. The molecule has 29 heavy (non-hydrogen) atoms. The standard InChI is InChI=1S/C24H33N3O2/c1-2-23(20-11-10-18-7-3-4-8-19(18)15-20)26-24(29)21(16-25)17-27-13-6-5-9-22(27)12-14-28/h10-11,15,17,22-23,28H,2-9,12-14H2,1H3,(H,26,29)/b21-17-. The number of nitrogens with zero attached hydrogens (tertiary/aromatic N) is 2. The Balaban J connectivity index is 1.72. The molecule has 0 bridgehead atoms. The summed E-state index contributed by atoms with van der Waals surface area (Å²) in [5.41, 5.74) is 4.10. The van der Waals surface area contributed by atoms with Crippen molar-refractivity contribution in [2.45, 2.75) is 76.8 Å². The number of likely N-dealkylation sites (tertiary alicyclic amines) is 1. The van der Waals surface area contributed by atoms with Crippen molar-refractivity contribution in [3.63, 3.8) is 0 Å². The number of aryl methyl sites for hydroxylation is 2. The molecule has 1 heterocycles. The fourth-order valence-electron chi connectivity index (χ4n) is 4.58. The van der Waals surface area contributed by atoms with E-state index in [4.69, 9.17) is 0 Å². The molecule has 2 atom stereocenters. The van der Waals surface area contributed by atoms with E-state index in [1.165, 1.54) is 24.0 Å². The van der Waals surface area contributed by atoms with Crippen LogP contribution in [0.5, 0.6) is 0 Å². The van der Waals surface area contributed by atoms with E-state index in [0.29, 0.717) is 6.42 Å². The molecule has 2 aliphatic rings. The van der Waals surface area contributed by atoms with Crippen molar-refractivity contribution in [1.29, 1.82) is 5.26 Å². The molecular formula is C24H33N3O2. The monoisotopic (exact) mass is 395 g/mol. The number of aliphatic hydroxyl groups is 1. The van der Waals surface area contributed by atoms with Crippen LogP contribution in [-0.2, 0) is 17.6 Å². The molecule has 0 aromatic heterocycles. The van der Waals surface area contributed by atoms with Crippen molar-refractivity contribution in [3.8, 4) is 6.07 Å². The normalized spacial score (nSPS) is 20.5. The molecule has 1 amide bonds. The summed E-state index contributed by atoms with van der Waals surface area (Å²) in [6, 6.07) is 8.75. The number of nitriles is 1. The molecule has 1 aromatic carbocycles. The van der Waals surface area contributed by atoms with Gasteiger partial charge in [-0.1, -0.05) is 25.1 Å². The first-order chi connectivity index (χ1) is 14.2. The lowest BCUT2D eigenvalue weighted by Gasteiger charge is -2.35. The highest BCUT2D eigenvalue weighted by Crippen LogP contribution is 2.26. The summed E-state index contributed by atoms with van der Waals surface area (Å²) < 4.78 is 0. The van der Waals surface area contributed by atoms with Gasteiger partial charge in [-0.15, -0.1) is 0 Å². The number of piperidine rings is 1. The predicted molar refractivity (Wildman–Crippen MR) is 114 cm³/mol. The lowest BCUT2D eigenvalue weighted by molar-refractivity contribution is -0.118. The van der Waals surface area contributed by atoms with Crippen molar-refractivity contribution in [2.75, 3.05) is 13.2 Å². The Hall–Kier alpha value is -2.32. The summed E-state index contributed by atoms with van der Waals surface area (Å²) in [5, 5.41) is 22.0. The predicted octanol–water partition coefficient (Wildman–Crippen LogP) is 3.78. The van der Waals surface area contributed by atoms with E-state index in [9.17, 15) is 15.2 Å². The molecule has 1 fully saturated rings. The minimum Gasteiger partial charge on any atom is -0.396 e. The summed E-state index contributed by atoms with van der Waals surface area (Å²) in [6.45, 7) is 3.01. The first kappa shape index (κ1) is 21.4. The number of fused-ring (bicyclic) bond motifs is 1. The van der Waals surface area contributed by atoms with Gasteiger partial charge < -0.3 is 15.3 Å². The molecule has 1 aliphatic heterocycles. The summed E-state index contributed by atoms with van der Waals surface area (Å²) in [4.78, 5) is 14.9. The molecule has 0 radical (unpaired) electrons. The minimum absolute atomic E-state index is 0.0962. The fourth-order valence-corrected chi connectivity index (χ4v) is 4.58. The Labute approximate surface area is 174 Å². The third-order valence-electron chi connectivity index (χ3n) is 6.28. The molecule has 1 saturated heterocycles. The van der Waals surface area contributed by atoms with Crippen LogP contribution in [0.4, 0.5) is 0 Å². The molecule has 0 saturated carbocycles. The van der Waals surface area contributed by atoms with Gasteiger partial charge in [-0.2, -0.15) is 5.26 Å². The Morgan fingerprint density at radius 1 is 1.31 bits per heavy atom. The number of benzene rings is 1. The van der Waals surface area contributed by atoms with Crippen molar-refractivity contribution in [1.82, 2.24) is 10.2 Å². The topological polar surface area (TPSA) is 76.4 Å². The number of aliphatic hydroxyl groups excluding tert-OH is 1. The smallest absolute Gasteiger partial charge is 0.263 e. The molecule has 1 aliphatic carbocycles. The maximum Gasteiger partial charge on any atom is 0.263 e. The highest BCUT2D eigenvalue weighted by atomic mass is 16.3.